The number of amides is 1. The zero-order valence-corrected chi connectivity index (χ0v) is 10.9. The highest BCUT2D eigenvalue weighted by Gasteiger charge is 2.27. The molecular formula is C13H15F2NO3. The van der Waals surface area contributed by atoms with E-state index in [1.165, 1.54) is 0 Å². The summed E-state index contributed by atoms with van der Waals surface area (Å²) in [6, 6.07) is 1.31. The largest absolute Gasteiger partial charge is 0.467 e. The van der Waals surface area contributed by atoms with Crippen molar-refractivity contribution in [1.29, 1.82) is 0 Å². The van der Waals surface area contributed by atoms with E-state index in [9.17, 15) is 18.4 Å². The van der Waals surface area contributed by atoms with Gasteiger partial charge >= 0.3 is 5.97 Å². The first-order valence-corrected chi connectivity index (χ1v) is 5.70. The fourth-order valence-corrected chi connectivity index (χ4v) is 1.43. The van der Waals surface area contributed by atoms with Crippen molar-refractivity contribution >= 4 is 11.9 Å². The molecule has 0 bridgehead atoms. The second kappa shape index (κ2) is 6.26. The van der Waals surface area contributed by atoms with E-state index in [0.717, 1.165) is 25.3 Å². The first-order chi connectivity index (χ1) is 8.86. The van der Waals surface area contributed by atoms with E-state index in [1.54, 1.807) is 13.8 Å². The van der Waals surface area contributed by atoms with Crippen LogP contribution in [0.25, 0.3) is 0 Å². The number of nitrogens with one attached hydrogen (secondary N) is 1. The highest BCUT2D eigenvalue weighted by atomic mass is 19.1. The third-order valence-electron chi connectivity index (χ3n) is 2.52. The van der Waals surface area contributed by atoms with E-state index >= 15 is 0 Å². The van der Waals surface area contributed by atoms with E-state index in [0.29, 0.717) is 0 Å². The third kappa shape index (κ3) is 3.74. The molecule has 19 heavy (non-hydrogen) atoms. The second-order valence-electron chi connectivity index (χ2n) is 4.29. The topological polar surface area (TPSA) is 55.4 Å². The monoisotopic (exact) mass is 271 g/mol. The van der Waals surface area contributed by atoms with Gasteiger partial charge in [0, 0.05) is 11.5 Å². The summed E-state index contributed by atoms with van der Waals surface area (Å²) in [5, 5.41) is 2.33. The smallest absolute Gasteiger partial charge is 0.333 e. The minimum Gasteiger partial charge on any atom is -0.467 e. The lowest BCUT2D eigenvalue weighted by atomic mass is 10.0. The Morgan fingerprint density at radius 3 is 2.42 bits per heavy atom. The molecule has 1 aromatic carbocycles. The van der Waals surface area contributed by atoms with E-state index < -0.39 is 35.5 Å². The summed E-state index contributed by atoms with van der Waals surface area (Å²) in [4.78, 5) is 23.2. The van der Waals surface area contributed by atoms with Crippen LogP contribution in [0.5, 0.6) is 0 Å². The molecule has 0 fully saturated rings. The van der Waals surface area contributed by atoms with E-state index in [2.05, 4.69) is 10.1 Å². The van der Waals surface area contributed by atoms with E-state index in [-0.39, 0.29) is 5.56 Å². The minimum atomic E-state index is -1.37. The number of hydrogen-bond acceptors (Lipinski definition) is 3. The van der Waals surface area contributed by atoms with Crippen LogP contribution in [0.4, 0.5) is 8.78 Å². The van der Waals surface area contributed by atoms with Crippen LogP contribution in [0.15, 0.2) is 18.2 Å². The molecular weight excluding hydrogens is 256 g/mol. The van der Waals surface area contributed by atoms with Crippen molar-refractivity contribution in [3.63, 3.8) is 0 Å². The molecule has 4 nitrogen and oxygen atoms in total. The lowest BCUT2D eigenvalue weighted by molar-refractivity contribution is -0.145. The number of rotatable bonds is 4. The maximum Gasteiger partial charge on any atom is 0.333 e. The number of halogens is 2. The molecule has 0 aliphatic heterocycles. The van der Waals surface area contributed by atoms with Gasteiger partial charge in [-0.2, -0.15) is 0 Å². The third-order valence-corrected chi connectivity index (χ3v) is 2.52. The molecule has 1 atom stereocenters. The number of ether oxygens (including phenoxy) is 1. The Morgan fingerprint density at radius 1 is 1.26 bits per heavy atom. The number of methoxy groups -OCH3 is 1. The zero-order chi connectivity index (χ0) is 14.6. The van der Waals surface area contributed by atoms with Crippen LogP contribution in [-0.2, 0) is 14.3 Å². The highest BCUT2D eigenvalue weighted by molar-refractivity contribution is 5.86. The molecule has 1 rings (SSSR count). The summed E-state index contributed by atoms with van der Waals surface area (Å²) >= 11 is 0. The van der Waals surface area contributed by atoms with Gasteiger partial charge in [0.2, 0.25) is 5.91 Å². The normalized spacial score (nSPS) is 12.1. The zero-order valence-electron chi connectivity index (χ0n) is 10.9. The SMILES string of the molecule is COC(=O)[C@@H](NC(=O)C(C)C)c1cc(F)ccc1F. The molecule has 0 aromatic heterocycles. The number of carbonyl (C=O) groups excluding carboxylic acids is 2. The summed E-state index contributed by atoms with van der Waals surface area (Å²) in [7, 11) is 1.11. The second-order valence-corrected chi connectivity index (χ2v) is 4.29. The van der Waals surface area contributed by atoms with Crippen LogP contribution in [0, 0.1) is 17.6 Å². The summed E-state index contributed by atoms with van der Waals surface area (Å²) in [6.45, 7) is 3.23. The van der Waals surface area contributed by atoms with Crippen molar-refractivity contribution in [3.8, 4) is 0 Å². The maximum atomic E-state index is 13.6. The average molecular weight is 271 g/mol. The van der Waals surface area contributed by atoms with Crippen LogP contribution < -0.4 is 5.32 Å². The molecule has 1 aromatic rings. The Kier molecular flexibility index (Phi) is 4.97. The highest BCUT2D eigenvalue weighted by Crippen LogP contribution is 2.20. The summed E-state index contributed by atoms with van der Waals surface area (Å²) in [5.41, 5.74) is -0.263. The average Bonchev–Trinajstić information content (AvgIpc) is 2.37. The minimum absolute atomic E-state index is 0.263. The Bertz CT molecular complexity index is 489. The molecule has 0 unspecified atom stereocenters. The van der Waals surface area contributed by atoms with Crippen LogP contribution in [0.2, 0.25) is 0 Å². The van der Waals surface area contributed by atoms with Gasteiger partial charge in [0.1, 0.15) is 11.6 Å². The van der Waals surface area contributed by atoms with E-state index in [1.807, 2.05) is 0 Å². The van der Waals surface area contributed by atoms with Gasteiger partial charge in [-0.05, 0) is 18.2 Å². The number of esters is 1. The van der Waals surface area contributed by atoms with Crippen molar-refractivity contribution < 1.29 is 23.1 Å². The van der Waals surface area contributed by atoms with Gasteiger partial charge in [-0.1, -0.05) is 13.8 Å². The van der Waals surface area contributed by atoms with Gasteiger partial charge in [-0.3, -0.25) is 4.79 Å². The van der Waals surface area contributed by atoms with Crippen molar-refractivity contribution in [1.82, 2.24) is 5.32 Å². The van der Waals surface area contributed by atoms with Gasteiger partial charge in [-0.25, -0.2) is 13.6 Å². The van der Waals surface area contributed by atoms with Crippen LogP contribution in [0.1, 0.15) is 25.5 Å². The van der Waals surface area contributed by atoms with Gasteiger partial charge in [0.15, 0.2) is 6.04 Å². The van der Waals surface area contributed by atoms with Crippen LogP contribution in [-0.4, -0.2) is 19.0 Å². The van der Waals surface area contributed by atoms with Gasteiger partial charge in [0.05, 0.1) is 7.11 Å². The van der Waals surface area contributed by atoms with Gasteiger partial charge < -0.3 is 10.1 Å². The lowest BCUT2D eigenvalue weighted by Crippen LogP contribution is -2.37. The molecule has 1 amide bonds. The summed E-state index contributed by atoms with van der Waals surface area (Å²) in [6.07, 6.45) is 0. The number of hydrogen-bond donors (Lipinski definition) is 1. The molecule has 0 heterocycles. The number of carbonyl (C=O) groups is 2. The quantitative estimate of drug-likeness (QED) is 0.852. The molecule has 0 saturated heterocycles. The molecule has 6 heteroatoms. The van der Waals surface area contributed by atoms with Crippen LogP contribution >= 0.6 is 0 Å². The molecule has 0 aliphatic carbocycles. The standard InChI is InChI=1S/C13H15F2NO3/c1-7(2)12(17)16-11(13(18)19-3)9-6-8(14)4-5-10(9)15/h4-7,11H,1-3H3,(H,16,17)/t11-/m0/s1. The molecule has 0 spiro atoms. The maximum absolute atomic E-state index is 13.6. The number of benzene rings is 1. The Morgan fingerprint density at radius 2 is 1.89 bits per heavy atom. The van der Waals surface area contributed by atoms with Crippen molar-refractivity contribution in [2.45, 2.75) is 19.9 Å². The molecule has 0 saturated carbocycles. The van der Waals surface area contributed by atoms with E-state index in [4.69, 9.17) is 0 Å². The first kappa shape index (κ1) is 15.1. The summed E-state index contributed by atoms with van der Waals surface area (Å²) in [5.74, 6) is -3.22. The fraction of sp³-hybridized carbons (Fsp3) is 0.385. The molecule has 1 N–H and O–H groups in total. The van der Waals surface area contributed by atoms with Gasteiger partial charge in [-0.15, -0.1) is 0 Å². The first-order valence-electron chi connectivity index (χ1n) is 5.70. The Balaban J connectivity index is 3.13. The molecule has 104 valence electrons. The van der Waals surface area contributed by atoms with Crippen LogP contribution in [0.3, 0.4) is 0 Å². The van der Waals surface area contributed by atoms with Crippen molar-refractivity contribution in [2.24, 2.45) is 5.92 Å². The predicted molar refractivity (Wildman–Crippen MR) is 64.1 cm³/mol. The van der Waals surface area contributed by atoms with Crippen molar-refractivity contribution in [3.05, 3.63) is 35.4 Å². The lowest BCUT2D eigenvalue weighted by Gasteiger charge is -2.18. The molecule has 0 aliphatic rings. The molecule has 0 radical (unpaired) electrons. The van der Waals surface area contributed by atoms with Gasteiger partial charge in [0.25, 0.3) is 0 Å². The Labute approximate surface area is 109 Å². The fourth-order valence-electron chi connectivity index (χ4n) is 1.43. The Hall–Kier alpha value is -1.98. The van der Waals surface area contributed by atoms with Crippen molar-refractivity contribution in [2.75, 3.05) is 7.11 Å². The predicted octanol–water partition coefficient (Wildman–Crippen LogP) is 1.95. The summed E-state index contributed by atoms with van der Waals surface area (Å²) < 4.78 is 31.3.